The fourth-order valence-electron chi connectivity index (χ4n) is 0.468. The van der Waals surface area contributed by atoms with Crippen molar-refractivity contribution in [3.05, 3.63) is 23.0 Å². The molecule has 0 aromatic heterocycles. The molecule has 1 heterocycles. The number of allylic oxidation sites excluding steroid dienone is 2. The first-order chi connectivity index (χ1) is 4.11. The molecule has 52 valence electrons. The summed E-state index contributed by atoms with van der Waals surface area (Å²) in [7, 11) is -5.59. The molecule has 0 bridgehead atoms. The van der Waals surface area contributed by atoms with Crippen molar-refractivity contribution in [2.24, 2.45) is 0 Å². The molecule has 3 nitrogen and oxygen atoms in total. The molecule has 0 atom stereocenters. The van der Waals surface area contributed by atoms with Crippen LogP contribution in [-0.2, 0) is 9.15 Å². The molecule has 0 aromatic carbocycles. The minimum atomic E-state index is -4.06. The Morgan fingerprint density at radius 1 is 1.20 bits per heavy atom. The summed E-state index contributed by atoms with van der Waals surface area (Å²) in [5.74, 6) is 0. The predicted octanol–water partition coefficient (Wildman–Crippen LogP) is -2.51. The fraction of sp³-hybridized carbons (Fsp3) is 0. The van der Waals surface area contributed by atoms with Crippen molar-refractivity contribution in [2.75, 3.05) is 0 Å². The quantitative estimate of drug-likeness (QED) is 0.214. The van der Waals surface area contributed by atoms with Crippen LogP contribution in [0.25, 0.3) is 0 Å². The van der Waals surface area contributed by atoms with E-state index in [0.717, 1.165) is 0 Å². The van der Waals surface area contributed by atoms with E-state index in [-0.39, 0.29) is 29.6 Å². The van der Waals surface area contributed by atoms with E-state index in [1.54, 1.807) is 12.2 Å². The zero-order valence-corrected chi connectivity index (χ0v) is 9.10. The molecule has 1 rings (SSSR count). The van der Waals surface area contributed by atoms with Crippen molar-refractivity contribution in [1.82, 2.24) is 0 Å². The monoisotopic (exact) mass is 188 g/mol. The second-order valence-corrected chi connectivity index (χ2v) is 6.25. The molecular formula is C4H5NaO3S2. The Labute approximate surface area is 84.0 Å². The minimum Gasteiger partial charge on any atom is -0.740 e. The number of hydrogen-bond donors (Lipinski definition) is 1. The molecule has 0 N–H and O–H groups in total. The maximum Gasteiger partial charge on any atom is 1.00 e. The molecule has 0 spiro atoms. The van der Waals surface area contributed by atoms with Crippen LogP contribution in [-0.4, -0.2) is 13.0 Å². The van der Waals surface area contributed by atoms with Gasteiger partial charge in [0.1, 0.15) is 9.15 Å². The maximum atomic E-state index is 10.2. The van der Waals surface area contributed by atoms with Crippen molar-refractivity contribution in [2.45, 2.75) is 0 Å². The SMILES string of the molecule is O=S(=O)([O-])[SH]1C=CC=C1.[Na+]. The molecule has 0 saturated carbocycles. The van der Waals surface area contributed by atoms with Gasteiger partial charge in [-0.1, -0.05) is 12.2 Å². The Kier molecular flexibility index (Phi) is 4.23. The predicted molar refractivity (Wildman–Crippen MR) is 37.0 cm³/mol. The Hall–Kier alpha value is 0.740. The first-order valence-electron chi connectivity index (χ1n) is 2.20. The molecule has 0 aromatic rings. The number of rotatable bonds is 1. The molecule has 6 heteroatoms. The normalized spacial score (nSPS) is 19.1. The van der Waals surface area contributed by atoms with E-state index in [0.29, 0.717) is 0 Å². The van der Waals surface area contributed by atoms with Crippen LogP contribution >= 0.6 is 9.93 Å². The third kappa shape index (κ3) is 2.77. The van der Waals surface area contributed by atoms with E-state index in [1.807, 2.05) is 0 Å². The summed E-state index contributed by atoms with van der Waals surface area (Å²) in [6.07, 6.45) is 3.14. The zero-order valence-electron chi connectivity index (χ0n) is 5.39. The largest absolute Gasteiger partial charge is 1.00 e. The molecular weight excluding hydrogens is 183 g/mol. The summed E-state index contributed by atoms with van der Waals surface area (Å²) in [5.41, 5.74) is 0. The molecule has 0 amide bonds. The third-order valence-electron chi connectivity index (χ3n) is 0.835. The van der Waals surface area contributed by atoms with Gasteiger partial charge in [-0.25, -0.2) is 8.42 Å². The van der Waals surface area contributed by atoms with Crippen LogP contribution in [0.4, 0.5) is 0 Å². The van der Waals surface area contributed by atoms with Gasteiger partial charge < -0.3 is 4.55 Å². The minimum absolute atomic E-state index is 0. The van der Waals surface area contributed by atoms with E-state index in [1.165, 1.54) is 10.8 Å². The molecule has 10 heavy (non-hydrogen) atoms. The third-order valence-corrected chi connectivity index (χ3v) is 4.56. The van der Waals surface area contributed by atoms with Crippen LogP contribution in [0.5, 0.6) is 0 Å². The summed E-state index contributed by atoms with van der Waals surface area (Å²) >= 11 is 0. The molecule has 0 saturated heterocycles. The zero-order chi connectivity index (χ0) is 6.91. The van der Waals surface area contributed by atoms with Gasteiger partial charge in [0, 0.05) is 0 Å². The first-order valence-corrected chi connectivity index (χ1v) is 5.69. The first kappa shape index (κ1) is 10.7. The summed E-state index contributed by atoms with van der Waals surface area (Å²) in [6, 6.07) is 0. The standard InChI is InChI=1S/C4H6O3S2.Na/c5-9(6,7)8-3-1-2-4-8;/h1-4,8H,(H,5,6,7);/q;+1/p-1. The maximum absolute atomic E-state index is 10.2. The average Bonchev–Trinajstić information content (AvgIpc) is 2.08. The Bertz CT molecular complexity index is 242. The Morgan fingerprint density at radius 2 is 1.60 bits per heavy atom. The molecule has 1 aliphatic rings. The summed E-state index contributed by atoms with van der Waals surface area (Å²) in [5, 5.41) is 2.83. The average molecular weight is 188 g/mol. The molecule has 0 unspecified atom stereocenters. The summed E-state index contributed by atoms with van der Waals surface area (Å²) < 4.78 is 30.6. The second kappa shape index (κ2) is 3.94. The van der Waals surface area contributed by atoms with Gasteiger partial charge in [-0.3, -0.25) is 0 Å². The van der Waals surface area contributed by atoms with E-state index in [9.17, 15) is 13.0 Å². The van der Waals surface area contributed by atoms with Gasteiger partial charge in [0.2, 0.25) is 0 Å². The smallest absolute Gasteiger partial charge is 0.740 e. The van der Waals surface area contributed by atoms with Crippen LogP contribution in [0.1, 0.15) is 0 Å². The Morgan fingerprint density at radius 3 is 1.80 bits per heavy atom. The van der Waals surface area contributed by atoms with Crippen molar-refractivity contribution in [3.8, 4) is 0 Å². The van der Waals surface area contributed by atoms with E-state index < -0.39 is 19.1 Å². The number of hydrogen-bond acceptors (Lipinski definition) is 3. The van der Waals surface area contributed by atoms with Crippen LogP contribution in [0, 0.1) is 0 Å². The second-order valence-electron chi connectivity index (χ2n) is 1.47. The van der Waals surface area contributed by atoms with Crippen molar-refractivity contribution in [1.29, 1.82) is 0 Å². The van der Waals surface area contributed by atoms with Gasteiger partial charge in [-0.2, -0.15) is 0 Å². The molecule has 1 aliphatic heterocycles. The molecule has 0 aliphatic carbocycles. The van der Waals surface area contributed by atoms with Crippen molar-refractivity contribution < 1.29 is 42.5 Å². The topological polar surface area (TPSA) is 57.2 Å². The van der Waals surface area contributed by atoms with Gasteiger partial charge in [0.15, 0.2) is 0 Å². The number of thiol groups is 1. The van der Waals surface area contributed by atoms with E-state index >= 15 is 0 Å². The summed E-state index contributed by atoms with van der Waals surface area (Å²) in [4.78, 5) is 0. The summed E-state index contributed by atoms with van der Waals surface area (Å²) in [6.45, 7) is 0. The molecule has 0 fully saturated rings. The van der Waals surface area contributed by atoms with Crippen LogP contribution in [0.2, 0.25) is 0 Å². The van der Waals surface area contributed by atoms with Crippen LogP contribution in [0.3, 0.4) is 0 Å². The van der Waals surface area contributed by atoms with Gasteiger partial charge >= 0.3 is 29.6 Å². The van der Waals surface area contributed by atoms with Gasteiger partial charge in [-0.05, 0) is 10.8 Å². The van der Waals surface area contributed by atoms with E-state index in [2.05, 4.69) is 0 Å². The Balaban J connectivity index is 0.000000810. The van der Waals surface area contributed by atoms with Crippen LogP contribution in [0.15, 0.2) is 23.0 Å². The molecule has 0 radical (unpaired) electrons. The van der Waals surface area contributed by atoms with Gasteiger partial charge in [0.25, 0.3) is 0 Å². The van der Waals surface area contributed by atoms with Gasteiger partial charge in [-0.15, -0.1) is 9.93 Å². The van der Waals surface area contributed by atoms with Gasteiger partial charge in [0.05, 0.1) is 0 Å². The van der Waals surface area contributed by atoms with Crippen LogP contribution < -0.4 is 29.6 Å². The van der Waals surface area contributed by atoms with Crippen molar-refractivity contribution >= 4 is 19.1 Å². The van der Waals surface area contributed by atoms with Crippen molar-refractivity contribution in [3.63, 3.8) is 0 Å². The fourth-order valence-corrected chi connectivity index (χ4v) is 2.72. The van der Waals surface area contributed by atoms with E-state index in [4.69, 9.17) is 0 Å².